The van der Waals surface area contributed by atoms with Crippen LogP contribution in [0.3, 0.4) is 0 Å². The Kier molecular flexibility index (Phi) is 6.07. The van der Waals surface area contributed by atoms with Gasteiger partial charge in [-0.3, -0.25) is 9.59 Å². The molecule has 0 unspecified atom stereocenters. The number of carbonyl (C=O) groups excluding carboxylic acids is 2. The molecular weight excluding hydrogens is 352 g/mol. The molecule has 5 nitrogen and oxygen atoms in total. The van der Waals surface area contributed by atoms with Gasteiger partial charge in [0.25, 0.3) is 5.91 Å². The highest BCUT2D eigenvalue weighted by molar-refractivity contribution is 6.04. The number of amides is 2. The van der Waals surface area contributed by atoms with Crippen molar-refractivity contribution < 1.29 is 14.3 Å². The molecule has 0 fully saturated rings. The van der Waals surface area contributed by atoms with Crippen LogP contribution in [0.15, 0.2) is 78.9 Å². The fraction of sp³-hybridized carbons (Fsp3) is 0.130. The van der Waals surface area contributed by atoms with Crippen molar-refractivity contribution in [1.29, 1.82) is 0 Å². The van der Waals surface area contributed by atoms with Crippen LogP contribution >= 0.6 is 0 Å². The van der Waals surface area contributed by atoms with Gasteiger partial charge in [0.2, 0.25) is 5.91 Å². The first-order valence-corrected chi connectivity index (χ1v) is 9.06. The van der Waals surface area contributed by atoms with Crippen molar-refractivity contribution >= 4 is 23.2 Å². The lowest BCUT2D eigenvalue weighted by Gasteiger charge is -2.10. The van der Waals surface area contributed by atoms with Crippen LogP contribution in [0.4, 0.5) is 11.4 Å². The monoisotopic (exact) mass is 374 g/mol. The van der Waals surface area contributed by atoms with Crippen molar-refractivity contribution in [2.45, 2.75) is 13.8 Å². The zero-order chi connectivity index (χ0) is 19.9. The van der Waals surface area contributed by atoms with Crippen LogP contribution < -0.4 is 15.4 Å². The summed E-state index contributed by atoms with van der Waals surface area (Å²) in [4.78, 5) is 24.1. The Morgan fingerprint density at radius 1 is 0.714 bits per heavy atom. The molecule has 0 saturated heterocycles. The molecule has 3 rings (SSSR count). The van der Waals surface area contributed by atoms with E-state index in [9.17, 15) is 9.59 Å². The Bertz CT molecular complexity index is 934. The number of rotatable bonds is 6. The summed E-state index contributed by atoms with van der Waals surface area (Å²) in [5.41, 5.74) is 1.87. The molecule has 0 atom stereocenters. The largest absolute Gasteiger partial charge is 0.457 e. The minimum absolute atomic E-state index is 0.0467. The predicted molar refractivity (Wildman–Crippen MR) is 111 cm³/mol. The van der Waals surface area contributed by atoms with Gasteiger partial charge >= 0.3 is 0 Å². The van der Waals surface area contributed by atoms with Crippen molar-refractivity contribution in [2.24, 2.45) is 5.92 Å². The maximum atomic E-state index is 12.4. The van der Waals surface area contributed by atoms with E-state index in [1.165, 1.54) is 0 Å². The van der Waals surface area contributed by atoms with Crippen LogP contribution in [0.25, 0.3) is 0 Å². The van der Waals surface area contributed by atoms with Gasteiger partial charge in [0.15, 0.2) is 0 Å². The van der Waals surface area contributed by atoms with E-state index in [4.69, 9.17) is 4.74 Å². The van der Waals surface area contributed by atoms with E-state index in [2.05, 4.69) is 10.6 Å². The van der Waals surface area contributed by atoms with E-state index in [0.717, 1.165) is 5.75 Å². The van der Waals surface area contributed by atoms with Crippen LogP contribution in [-0.4, -0.2) is 11.8 Å². The van der Waals surface area contributed by atoms with E-state index < -0.39 is 0 Å². The number of anilines is 2. The van der Waals surface area contributed by atoms with Crippen LogP contribution in [-0.2, 0) is 4.79 Å². The standard InChI is InChI=1S/C23H22N2O3/c1-16(2)22(26)24-18-10-12-19(13-11-18)25-23(27)17-8-14-21(15-9-17)28-20-6-4-3-5-7-20/h3-16H,1-2H3,(H,24,26)(H,25,27). The first-order valence-electron chi connectivity index (χ1n) is 9.06. The maximum absolute atomic E-state index is 12.4. The van der Waals surface area contributed by atoms with E-state index in [1.807, 2.05) is 44.2 Å². The van der Waals surface area contributed by atoms with E-state index in [0.29, 0.717) is 22.7 Å². The SMILES string of the molecule is CC(C)C(=O)Nc1ccc(NC(=O)c2ccc(Oc3ccccc3)cc2)cc1. The Labute approximate surface area is 164 Å². The molecule has 0 bridgehead atoms. The van der Waals surface area contributed by atoms with Crippen LogP contribution in [0.1, 0.15) is 24.2 Å². The second-order valence-corrected chi connectivity index (χ2v) is 6.61. The molecule has 0 saturated carbocycles. The molecule has 3 aromatic rings. The van der Waals surface area contributed by atoms with Gasteiger partial charge in [-0.05, 0) is 60.7 Å². The predicted octanol–water partition coefficient (Wildman–Crippen LogP) is 5.33. The summed E-state index contributed by atoms with van der Waals surface area (Å²) in [6.45, 7) is 3.67. The number of nitrogens with one attached hydrogen (secondary N) is 2. The lowest BCUT2D eigenvalue weighted by molar-refractivity contribution is -0.118. The summed E-state index contributed by atoms with van der Waals surface area (Å²) in [6.07, 6.45) is 0. The molecule has 2 amide bonds. The normalized spacial score (nSPS) is 10.4. The van der Waals surface area contributed by atoms with Crippen molar-refractivity contribution in [3.8, 4) is 11.5 Å². The van der Waals surface area contributed by atoms with Gasteiger partial charge in [-0.25, -0.2) is 0 Å². The minimum Gasteiger partial charge on any atom is -0.457 e. The number of para-hydroxylation sites is 1. The number of hydrogen-bond acceptors (Lipinski definition) is 3. The molecule has 0 spiro atoms. The van der Waals surface area contributed by atoms with Gasteiger partial charge in [-0.2, -0.15) is 0 Å². The van der Waals surface area contributed by atoms with E-state index in [1.54, 1.807) is 48.5 Å². The average Bonchev–Trinajstić information content (AvgIpc) is 2.70. The molecule has 0 aliphatic carbocycles. The zero-order valence-corrected chi connectivity index (χ0v) is 15.8. The first-order chi connectivity index (χ1) is 13.5. The molecule has 0 aliphatic rings. The molecule has 0 radical (unpaired) electrons. The van der Waals surface area contributed by atoms with Gasteiger partial charge in [0.1, 0.15) is 11.5 Å². The zero-order valence-electron chi connectivity index (χ0n) is 15.8. The Morgan fingerprint density at radius 3 is 1.82 bits per heavy atom. The molecule has 5 heteroatoms. The summed E-state index contributed by atoms with van der Waals surface area (Å²) < 4.78 is 5.73. The van der Waals surface area contributed by atoms with Crippen molar-refractivity contribution in [1.82, 2.24) is 0 Å². The Balaban J connectivity index is 1.59. The lowest BCUT2D eigenvalue weighted by Crippen LogP contribution is -2.17. The number of carbonyl (C=O) groups is 2. The summed E-state index contributed by atoms with van der Waals surface area (Å²) in [6, 6.07) is 23.4. The summed E-state index contributed by atoms with van der Waals surface area (Å²) in [7, 11) is 0. The topological polar surface area (TPSA) is 67.4 Å². The molecular formula is C23H22N2O3. The third-order valence-electron chi connectivity index (χ3n) is 4.03. The van der Waals surface area contributed by atoms with Gasteiger partial charge in [0.05, 0.1) is 0 Å². The highest BCUT2D eigenvalue weighted by atomic mass is 16.5. The van der Waals surface area contributed by atoms with Crippen molar-refractivity contribution in [2.75, 3.05) is 10.6 Å². The quantitative estimate of drug-likeness (QED) is 0.613. The highest BCUT2D eigenvalue weighted by Crippen LogP contribution is 2.22. The smallest absolute Gasteiger partial charge is 0.255 e. The fourth-order valence-corrected chi connectivity index (χ4v) is 2.43. The highest BCUT2D eigenvalue weighted by Gasteiger charge is 2.09. The fourth-order valence-electron chi connectivity index (χ4n) is 2.43. The number of ether oxygens (including phenoxy) is 1. The van der Waals surface area contributed by atoms with Gasteiger partial charge in [-0.15, -0.1) is 0 Å². The summed E-state index contributed by atoms with van der Waals surface area (Å²) >= 11 is 0. The van der Waals surface area contributed by atoms with Gasteiger partial charge in [-0.1, -0.05) is 32.0 Å². The lowest BCUT2D eigenvalue weighted by atomic mass is 10.2. The van der Waals surface area contributed by atoms with E-state index >= 15 is 0 Å². The molecule has 2 N–H and O–H groups in total. The van der Waals surface area contributed by atoms with Crippen LogP contribution in [0.2, 0.25) is 0 Å². The van der Waals surface area contributed by atoms with Crippen LogP contribution in [0, 0.1) is 5.92 Å². The van der Waals surface area contributed by atoms with Crippen molar-refractivity contribution in [3.05, 3.63) is 84.4 Å². The molecule has 0 aromatic heterocycles. The minimum atomic E-state index is -0.217. The first kappa shape index (κ1) is 19.2. The van der Waals surface area contributed by atoms with E-state index in [-0.39, 0.29) is 17.7 Å². The van der Waals surface area contributed by atoms with Crippen LogP contribution in [0.5, 0.6) is 11.5 Å². The van der Waals surface area contributed by atoms with Crippen molar-refractivity contribution in [3.63, 3.8) is 0 Å². The second kappa shape index (κ2) is 8.86. The average molecular weight is 374 g/mol. The third-order valence-corrected chi connectivity index (χ3v) is 4.03. The molecule has 0 aliphatic heterocycles. The second-order valence-electron chi connectivity index (χ2n) is 6.61. The summed E-state index contributed by atoms with van der Waals surface area (Å²) in [5.74, 6) is 1.05. The van der Waals surface area contributed by atoms with Gasteiger partial charge < -0.3 is 15.4 Å². The molecule has 3 aromatic carbocycles. The van der Waals surface area contributed by atoms with Gasteiger partial charge in [0, 0.05) is 22.9 Å². The molecule has 28 heavy (non-hydrogen) atoms. The summed E-state index contributed by atoms with van der Waals surface area (Å²) in [5, 5.41) is 5.65. The molecule has 142 valence electrons. The maximum Gasteiger partial charge on any atom is 0.255 e. The Hall–Kier alpha value is -3.60. The Morgan fingerprint density at radius 2 is 1.25 bits per heavy atom. The number of hydrogen-bond donors (Lipinski definition) is 2. The molecule has 0 heterocycles. The third kappa shape index (κ3) is 5.20. The number of benzene rings is 3.